The van der Waals surface area contributed by atoms with Crippen LogP contribution in [0.15, 0.2) is 41.3 Å². The van der Waals surface area contributed by atoms with Crippen molar-refractivity contribution in [2.24, 2.45) is 0 Å². The van der Waals surface area contributed by atoms with Crippen molar-refractivity contribution in [3.63, 3.8) is 0 Å². The zero-order valence-electron chi connectivity index (χ0n) is 19.8. The topological polar surface area (TPSA) is 114 Å². The van der Waals surface area contributed by atoms with Gasteiger partial charge in [-0.2, -0.15) is 11.8 Å². The molecular formula is C25H27FN4O5S. The molecule has 36 heavy (non-hydrogen) atoms. The minimum Gasteiger partial charge on any atom is -0.505 e. The fourth-order valence-electron chi connectivity index (χ4n) is 4.05. The number of nitrogens with one attached hydrogen (secondary N) is 1. The number of carbonyl (C=O) groups excluding carboxylic acids is 2. The van der Waals surface area contributed by atoms with Gasteiger partial charge in [-0.1, -0.05) is 12.1 Å². The van der Waals surface area contributed by atoms with Gasteiger partial charge in [0.05, 0.1) is 12.1 Å². The van der Waals surface area contributed by atoms with Crippen LogP contribution in [0, 0.1) is 5.82 Å². The molecule has 2 amide bonds. The van der Waals surface area contributed by atoms with Crippen LogP contribution < -0.4 is 10.9 Å². The lowest BCUT2D eigenvalue weighted by Gasteiger charge is -2.27. The highest BCUT2D eigenvalue weighted by molar-refractivity contribution is 7.99. The summed E-state index contributed by atoms with van der Waals surface area (Å²) in [6, 6.07) is 7.68. The van der Waals surface area contributed by atoms with Crippen molar-refractivity contribution in [2.75, 3.05) is 44.9 Å². The van der Waals surface area contributed by atoms with Crippen LogP contribution in [0.5, 0.6) is 5.75 Å². The first-order chi connectivity index (χ1) is 17.4. The number of thioether (sulfide) groups is 1. The lowest BCUT2D eigenvalue weighted by molar-refractivity contribution is -0.131. The monoisotopic (exact) mass is 514 g/mol. The molecule has 1 fully saturated rings. The maximum absolute atomic E-state index is 13.5. The van der Waals surface area contributed by atoms with Crippen LogP contribution in [-0.4, -0.2) is 76.2 Å². The van der Waals surface area contributed by atoms with Crippen LogP contribution >= 0.6 is 11.8 Å². The summed E-state index contributed by atoms with van der Waals surface area (Å²) in [4.78, 5) is 45.4. The molecule has 4 rings (SSSR count). The molecule has 0 unspecified atom stereocenters. The number of hydrogen-bond donors (Lipinski definition) is 2. The van der Waals surface area contributed by atoms with E-state index in [2.05, 4.69) is 10.3 Å². The van der Waals surface area contributed by atoms with Crippen LogP contribution in [-0.2, 0) is 22.5 Å². The average Bonchev–Trinajstić information content (AvgIpc) is 2.88. The standard InChI is InChI=1S/C25H27FN4O5S/c1-35-9-6-27-24(33)21-23(32)22-19(13-17(14-28-22)12-16-2-4-18(26)5-3-16)30(25(21)34)15-20(31)29-7-10-36-11-8-29/h2-5,13-14,32H,6-12,15H2,1H3,(H,27,33). The maximum atomic E-state index is 13.5. The number of aromatic hydroxyl groups is 1. The van der Waals surface area contributed by atoms with Gasteiger partial charge >= 0.3 is 0 Å². The van der Waals surface area contributed by atoms with Crippen molar-refractivity contribution in [1.29, 1.82) is 0 Å². The quantitative estimate of drug-likeness (QED) is 0.441. The Balaban J connectivity index is 1.77. The summed E-state index contributed by atoms with van der Waals surface area (Å²) in [5.74, 6) is -0.291. The predicted octanol–water partition coefficient (Wildman–Crippen LogP) is 1.78. The largest absolute Gasteiger partial charge is 0.505 e. The Morgan fingerprint density at radius 3 is 2.61 bits per heavy atom. The second-order valence-corrected chi connectivity index (χ2v) is 9.60. The van der Waals surface area contributed by atoms with Gasteiger partial charge in [-0.15, -0.1) is 0 Å². The second kappa shape index (κ2) is 11.5. The predicted molar refractivity (Wildman–Crippen MR) is 135 cm³/mol. The highest BCUT2D eigenvalue weighted by Gasteiger charge is 2.26. The molecule has 0 atom stereocenters. The van der Waals surface area contributed by atoms with E-state index in [1.54, 1.807) is 34.9 Å². The number of benzene rings is 1. The number of carbonyl (C=O) groups is 2. The molecule has 0 bridgehead atoms. The molecule has 190 valence electrons. The van der Waals surface area contributed by atoms with Gasteiger partial charge < -0.3 is 20.1 Å². The van der Waals surface area contributed by atoms with Crippen LogP contribution in [0.25, 0.3) is 11.0 Å². The average molecular weight is 515 g/mol. The number of hydrogen-bond acceptors (Lipinski definition) is 7. The van der Waals surface area contributed by atoms with E-state index in [4.69, 9.17) is 4.74 Å². The molecule has 0 saturated carbocycles. The zero-order valence-corrected chi connectivity index (χ0v) is 20.6. The SMILES string of the molecule is COCCNC(=O)c1c(O)c2ncc(Cc3ccc(F)cc3)cc2n(CC(=O)N2CCSCC2)c1=O. The van der Waals surface area contributed by atoms with Crippen LogP contribution in [0.4, 0.5) is 4.39 Å². The molecule has 1 saturated heterocycles. The number of halogens is 1. The molecule has 11 heteroatoms. The molecule has 1 aliphatic rings. The second-order valence-electron chi connectivity index (χ2n) is 8.37. The third-order valence-electron chi connectivity index (χ3n) is 5.93. The molecule has 0 radical (unpaired) electrons. The minimum atomic E-state index is -0.782. The molecule has 0 spiro atoms. The molecule has 2 aromatic heterocycles. The Hall–Kier alpha value is -3.44. The van der Waals surface area contributed by atoms with E-state index < -0.39 is 22.8 Å². The van der Waals surface area contributed by atoms with E-state index in [1.807, 2.05) is 0 Å². The Kier molecular flexibility index (Phi) is 8.21. The number of aromatic nitrogens is 2. The maximum Gasteiger partial charge on any atom is 0.268 e. The molecule has 3 aromatic rings. The third kappa shape index (κ3) is 5.68. The summed E-state index contributed by atoms with van der Waals surface area (Å²) in [5.41, 5.74) is 0.545. The molecule has 3 heterocycles. The highest BCUT2D eigenvalue weighted by atomic mass is 32.2. The normalized spacial score (nSPS) is 13.7. The van der Waals surface area contributed by atoms with E-state index in [9.17, 15) is 23.9 Å². The number of amides is 2. The summed E-state index contributed by atoms with van der Waals surface area (Å²) in [6.45, 7) is 1.23. The van der Waals surface area contributed by atoms with Crippen molar-refractivity contribution in [1.82, 2.24) is 19.8 Å². The number of nitrogens with zero attached hydrogens (tertiary/aromatic N) is 3. The van der Waals surface area contributed by atoms with Crippen LogP contribution in [0.1, 0.15) is 21.5 Å². The van der Waals surface area contributed by atoms with E-state index >= 15 is 0 Å². The van der Waals surface area contributed by atoms with Gasteiger partial charge in [0.25, 0.3) is 11.5 Å². The number of pyridine rings is 2. The summed E-state index contributed by atoms with van der Waals surface area (Å²) in [7, 11) is 1.48. The van der Waals surface area contributed by atoms with Crippen molar-refractivity contribution >= 4 is 34.6 Å². The molecule has 1 aromatic carbocycles. The first-order valence-electron chi connectivity index (χ1n) is 11.5. The van der Waals surface area contributed by atoms with Gasteiger partial charge in [0, 0.05) is 44.4 Å². The Labute approximate surface area is 211 Å². The smallest absolute Gasteiger partial charge is 0.268 e. The minimum absolute atomic E-state index is 0.0383. The molecular weight excluding hydrogens is 487 g/mol. The van der Waals surface area contributed by atoms with Crippen molar-refractivity contribution < 1.29 is 23.8 Å². The fraction of sp³-hybridized carbons (Fsp3) is 0.360. The summed E-state index contributed by atoms with van der Waals surface area (Å²) < 4.78 is 19.4. The first kappa shape index (κ1) is 25.6. The Morgan fingerprint density at radius 1 is 1.19 bits per heavy atom. The van der Waals surface area contributed by atoms with Gasteiger partial charge in [0.1, 0.15) is 23.4 Å². The Morgan fingerprint density at radius 2 is 1.92 bits per heavy atom. The number of fused-ring (bicyclic) bond motifs is 1. The van der Waals surface area contributed by atoms with Crippen molar-refractivity contribution in [2.45, 2.75) is 13.0 Å². The van der Waals surface area contributed by atoms with Crippen LogP contribution in [0.2, 0.25) is 0 Å². The van der Waals surface area contributed by atoms with Gasteiger partial charge in [0.2, 0.25) is 5.91 Å². The number of rotatable bonds is 8. The molecule has 0 aliphatic carbocycles. The summed E-state index contributed by atoms with van der Waals surface area (Å²) >= 11 is 1.76. The van der Waals surface area contributed by atoms with Crippen LogP contribution in [0.3, 0.4) is 0 Å². The number of ether oxygens (including phenoxy) is 1. The van der Waals surface area contributed by atoms with E-state index in [1.165, 1.54) is 30.0 Å². The molecule has 1 aliphatic heterocycles. The van der Waals surface area contributed by atoms with Crippen molar-refractivity contribution in [3.05, 3.63) is 69.4 Å². The Bertz CT molecular complexity index is 1320. The molecule has 9 nitrogen and oxygen atoms in total. The van der Waals surface area contributed by atoms with Gasteiger partial charge in [-0.3, -0.25) is 23.9 Å². The third-order valence-corrected chi connectivity index (χ3v) is 6.88. The first-order valence-corrected chi connectivity index (χ1v) is 12.7. The fourth-order valence-corrected chi connectivity index (χ4v) is 4.95. The zero-order chi connectivity index (χ0) is 25.7. The lowest BCUT2D eigenvalue weighted by Crippen LogP contribution is -2.42. The van der Waals surface area contributed by atoms with Gasteiger partial charge in [-0.05, 0) is 35.7 Å². The molecule has 2 N–H and O–H groups in total. The van der Waals surface area contributed by atoms with E-state index in [0.29, 0.717) is 25.1 Å². The number of methoxy groups -OCH3 is 1. The van der Waals surface area contributed by atoms with E-state index in [-0.39, 0.29) is 42.5 Å². The van der Waals surface area contributed by atoms with E-state index in [0.717, 1.165) is 17.1 Å². The lowest BCUT2D eigenvalue weighted by atomic mass is 10.1. The van der Waals surface area contributed by atoms with Gasteiger partial charge in [-0.25, -0.2) is 4.39 Å². The van der Waals surface area contributed by atoms with Gasteiger partial charge in [0.15, 0.2) is 5.75 Å². The summed E-state index contributed by atoms with van der Waals surface area (Å²) in [6.07, 6.45) is 1.92. The summed E-state index contributed by atoms with van der Waals surface area (Å²) in [5, 5.41) is 13.4. The highest BCUT2D eigenvalue weighted by Crippen LogP contribution is 2.26. The van der Waals surface area contributed by atoms with Crippen molar-refractivity contribution in [3.8, 4) is 5.75 Å².